The Morgan fingerprint density at radius 1 is 0.833 bits per heavy atom. The van der Waals surface area contributed by atoms with E-state index < -0.39 is 14.8 Å². The lowest BCUT2D eigenvalue weighted by Crippen LogP contribution is -2.07. The molecule has 0 aliphatic heterocycles. The van der Waals surface area contributed by atoms with Crippen molar-refractivity contribution in [3.63, 3.8) is 0 Å². The number of benzene rings is 2. The van der Waals surface area contributed by atoms with Crippen LogP contribution in [-0.4, -0.2) is 21.8 Å². The minimum absolute atomic E-state index is 0.0709. The summed E-state index contributed by atoms with van der Waals surface area (Å²) in [7, 11) is 1.62. The van der Waals surface area contributed by atoms with Gasteiger partial charge in [0.2, 0.25) is 0 Å². The number of non-ortho nitro benzene ring substituents is 2. The van der Waals surface area contributed by atoms with Gasteiger partial charge in [0.1, 0.15) is 4.90 Å². The second-order valence-electron chi connectivity index (χ2n) is 4.53. The molecule has 0 unspecified atom stereocenters. The Balaban J connectivity index is 2.27. The predicted molar refractivity (Wildman–Crippen MR) is 87.1 cm³/mol. The highest BCUT2D eigenvalue weighted by Gasteiger charge is 2.21. The van der Waals surface area contributed by atoms with Gasteiger partial charge in [-0.3, -0.25) is 30.3 Å². The minimum Gasteiger partial charge on any atom is -0.315 e. The van der Waals surface area contributed by atoms with Crippen LogP contribution < -0.4 is 4.31 Å². The zero-order valence-electron chi connectivity index (χ0n) is 12.2. The van der Waals surface area contributed by atoms with Crippen molar-refractivity contribution in [3.8, 4) is 0 Å². The Morgan fingerprint density at radius 3 is 1.88 bits per heavy atom. The average molecular weight is 350 g/mol. The number of hydrogen-bond donors (Lipinski definition) is 0. The Kier molecular flexibility index (Phi) is 4.94. The molecule has 2 aromatic carbocycles. The van der Waals surface area contributed by atoms with Crippen molar-refractivity contribution in [1.29, 1.82) is 0 Å². The predicted octanol–water partition coefficient (Wildman–Crippen LogP) is 3.55. The number of nitrogens with zero attached hydrogens (tertiary/aromatic N) is 4. The molecule has 0 fully saturated rings. The SMILES string of the molecule is CN(Sc1ccc([N+](=O)[O-])cc1[N+](=O)[O-])c1ccc([N+](=O)[O-])cc1. The molecule has 0 spiro atoms. The first-order chi connectivity index (χ1) is 11.3. The highest BCUT2D eigenvalue weighted by molar-refractivity contribution is 8.00. The molecule has 0 N–H and O–H groups in total. The first kappa shape index (κ1) is 17.1. The molecule has 0 bridgehead atoms. The smallest absolute Gasteiger partial charge is 0.291 e. The normalized spacial score (nSPS) is 10.2. The van der Waals surface area contributed by atoms with Gasteiger partial charge in [0.25, 0.3) is 17.1 Å². The van der Waals surface area contributed by atoms with Crippen molar-refractivity contribution in [2.24, 2.45) is 0 Å². The zero-order valence-corrected chi connectivity index (χ0v) is 13.0. The van der Waals surface area contributed by atoms with Gasteiger partial charge in [-0.25, -0.2) is 0 Å². The van der Waals surface area contributed by atoms with Crippen molar-refractivity contribution >= 4 is 34.7 Å². The number of rotatable bonds is 6. The van der Waals surface area contributed by atoms with Crippen LogP contribution in [0.3, 0.4) is 0 Å². The van der Waals surface area contributed by atoms with E-state index in [1.165, 1.54) is 36.4 Å². The summed E-state index contributed by atoms with van der Waals surface area (Å²) >= 11 is 0.986. The van der Waals surface area contributed by atoms with E-state index >= 15 is 0 Å². The molecule has 24 heavy (non-hydrogen) atoms. The van der Waals surface area contributed by atoms with E-state index in [0.29, 0.717) is 5.69 Å². The first-order valence-electron chi connectivity index (χ1n) is 6.38. The van der Waals surface area contributed by atoms with Crippen molar-refractivity contribution < 1.29 is 14.8 Å². The molecule has 0 saturated carbocycles. The molecule has 11 heteroatoms. The fourth-order valence-electron chi connectivity index (χ4n) is 1.82. The fraction of sp³-hybridized carbons (Fsp3) is 0.0769. The van der Waals surface area contributed by atoms with Gasteiger partial charge in [-0.2, -0.15) is 0 Å². The van der Waals surface area contributed by atoms with Crippen LogP contribution in [0, 0.1) is 30.3 Å². The second kappa shape index (κ2) is 6.91. The largest absolute Gasteiger partial charge is 0.315 e. The van der Waals surface area contributed by atoms with Gasteiger partial charge >= 0.3 is 0 Å². The quantitative estimate of drug-likeness (QED) is 0.438. The molecular weight excluding hydrogens is 340 g/mol. The van der Waals surface area contributed by atoms with Crippen molar-refractivity contribution in [2.45, 2.75) is 4.90 Å². The van der Waals surface area contributed by atoms with Gasteiger partial charge in [-0.1, -0.05) is 0 Å². The summed E-state index contributed by atoms with van der Waals surface area (Å²) in [6.45, 7) is 0. The molecule has 2 aromatic rings. The van der Waals surface area contributed by atoms with Crippen LogP contribution in [0.1, 0.15) is 0 Å². The number of nitro benzene ring substituents is 3. The van der Waals surface area contributed by atoms with Crippen molar-refractivity contribution in [1.82, 2.24) is 0 Å². The van der Waals surface area contributed by atoms with Crippen LogP contribution in [0.2, 0.25) is 0 Å². The number of anilines is 1. The monoisotopic (exact) mass is 350 g/mol. The van der Waals surface area contributed by atoms with Gasteiger partial charge in [0, 0.05) is 30.9 Å². The highest BCUT2D eigenvalue weighted by atomic mass is 32.2. The van der Waals surface area contributed by atoms with Gasteiger partial charge in [-0.15, -0.1) is 0 Å². The van der Waals surface area contributed by atoms with Crippen molar-refractivity contribution in [2.75, 3.05) is 11.4 Å². The number of nitro groups is 3. The molecule has 0 aromatic heterocycles. The standard InChI is InChI=1S/C13H10N4O6S/c1-14(9-2-4-10(5-3-9)15(18)19)24-13-7-6-11(16(20)21)8-12(13)17(22)23/h2-8H,1H3. The third-order valence-electron chi connectivity index (χ3n) is 3.01. The van der Waals surface area contributed by atoms with Gasteiger partial charge in [-0.05, 0) is 30.1 Å². The maximum absolute atomic E-state index is 11.1. The third kappa shape index (κ3) is 3.76. The summed E-state index contributed by atoms with van der Waals surface area (Å²) in [5.41, 5.74) is -0.247. The van der Waals surface area contributed by atoms with E-state index in [-0.39, 0.29) is 22.0 Å². The number of hydrogen-bond acceptors (Lipinski definition) is 8. The summed E-state index contributed by atoms with van der Waals surface area (Å²) < 4.78 is 1.57. The molecule has 0 atom stereocenters. The Hall–Kier alpha value is -3.21. The topological polar surface area (TPSA) is 133 Å². The Morgan fingerprint density at radius 2 is 1.38 bits per heavy atom. The molecule has 0 radical (unpaired) electrons. The Labute approximate surface area is 139 Å². The molecular formula is C13H10N4O6S. The second-order valence-corrected chi connectivity index (χ2v) is 5.70. The van der Waals surface area contributed by atoms with Crippen LogP contribution in [0.4, 0.5) is 22.7 Å². The van der Waals surface area contributed by atoms with E-state index in [2.05, 4.69) is 0 Å². The molecule has 0 heterocycles. The van der Waals surface area contributed by atoms with Gasteiger partial charge in [0.15, 0.2) is 0 Å². The van der Waals surface area contributed by atoms with E-state index in [4.69, 9.17) is 0 Å². The summed E-state index contributed by atoms with van der Waals surface area (Å²) in [6, 6.07) is 9.01. The maximum Gasteiger partial charge on any atom is 0.291 e. The average Bonchev–Trinajstić information content (AvgIpc) is 2.54. The van der Waals surface area contributed by atoms with E-state index in [1.807, 2.05) is 0 Å². The summed E-state index contributed by atoms with van der Waals surface area (Å²) in [6.07, 6.45) is 0. The Bertz CT molecular complexity index is 811. The lowest BCUT2D eigenvalue weighted by Gasteiger charge is -2.17. The van der Waals surface area contributed by atoms with Crippen LogP contribution >= 0.6 is 11.9 Å². The summed E-state index contributed by atoms with van der Waals surface area (Å²) in [5, 5.41) is 32.5. The summed E-state index contributed by atoms with van der Waals surface area (Å²) in [5.74, 6) is 0. The van der Waals surface area contributed by atoms with Gasteiger partial charge in [0.05, 0.1) is 20.8 Å². The molecule has 0 saturated heterocycles. The minimum atomic E-state index is -0.707. The molecule has 0 amide bonds. The molecule has 10 nitrogen and oxygen atoms in total. The zero-order chi connectivity index (χ0) is 17.9. The maximum atomic E-state index is 11.1. The van der Waals surface area contributed by atoms with E-state index in [9.17, 15) is 30.3 Å². The molecule has 124 valence electrons. The molecule has 0 aliphatic rings. The van der Waals surface area contributed by atoms with Crippen LogP contribution in [0.15, 0.2) is 47.4 Å². The summed E-state index contributed by atoms with van der Waals surface area (Å²) in [4.78, 5) is 30.8. The first-order valence-corrected chi connectivity index (χ1v) is 7.16. The van der Waals surface area contributed by atoms with Crippen LogP contribution in [0.5, 0.6) is 0 Å². The lowest BCUT2D eigenvalue weighted by atomic mass is 10.3. The van der Waals surface area contributed by atoms with Crippen LogP contribution in [0.25, 0.3) is 0 Å². The van der Waals surface area contributed by atoms with E-state index in [0.717, 1.165) is 18.0 Å². The fourth-order valence-corrected chi connectivity index (χ4v) is 2.70. The highest BCUT2D eigenvalue weighted by Crippen LogP contribution is 2.36. The van der Waals surface area contributed by atoms with Gasteiger partial charge < -0.3 is 4.31 Å². The van der Waals surface area contributed by atoms with E-state index in [1.54, 1.807) is 11.4 Å². The third-order valence-corrected chi connectivity index (χ3v) is 4.04. The molecule has 0 aliphatic carbocycles. The van der Waals surface area contributed by atoms with Crippen molar-refractivity contribution in [3.05, 3.63) is 72.8 Å². The van der Waals surface area contributed by atoms with Crippen LogP contribution in [-0.2, 0) is 0 Å². The lowest BCUT2D eigenvalue weighted by molar-refractivity contribution is -0.396. The molecule has 2 rings (SSSR count).